The van der Waals surface area contributed by atoms with Crippen molar-refractivity contribution in [3.63, 3.8) is 0 Å². The summed E-state index contributed by atoms with van der Waals surface area (Å²) >= 11 is 0. The number of urea groups is 1. The minimum atomic E-state index is -0.159. The van der Waals surface area contributed by atoms with Crippen molar-refractivity contribution in [2.45, 2.75) is 32.1 Å². The summed E-state index contributed by atoms with van der Waals surface area (Å²) in [6.07, 6.45) is 0.123. The maximum Gasteiger partial charge on any atom is 0.318 e. The second-order valence-electron chi connectivity index (χ2n) is 6.37. The average molecular weight is 324 g/mol. The fraction of sp³-hybridized carbons (Fsp3) is 0.350. The molecule has 0 aromatic heterocycles. The fourth-order valence-corrected chi connectivity index (χ4v) is 3.21. The van der Waals surface area contributed by atoms with Crippen LogP contribution in [0.2, 0.25) is 0 Å². The van der Waals surface area contributed by atoms with E-state index >= 15 is 0 Å². The number of benzene rings is 2. The van der Waals surface area contributed by atoms with Gasteiger partial charge in [0.15, 0.2) is 0 Å². The molecule has 1 aliphatic heterocycles. The Bertz CT molecular complexity index is 610. The standard InChI is InChI=1S/C20H24N2O2/c1-15-13-22(14-16(2)24-15)20(23)21-19(17-9-5-3-6-10-17)18-11-7-4-8-12-18/h3-12,15-16,19H,13-14H2,1-2H3,(H,21,23). The van der Waals surface area contributed by atoms with E-state index < -0.39 is 0 Å². The number of nitrogens with zero attached hydrogens (tertiary/aromatic N) is 1. The van der Waals surface area contributed by atoms with Gasteiger partial charge >= 0.3 is 6.03 Å². The number of hydrogen-bond acceptors (Lipinski definition) is 2. The largest absolute Gasteiger partial charge is 0.372 e. The molecule has 1 N–H and O–H groups in total. The van der Waals surface area contributed by atoms with Crippen molar-refractivity contribution >= 4 is 6.03 Å². The second-order valence-corrected chi connectivity index (χ2v) is 6.37. The lowest BCUT2D eigenvalue weighted by molar-refractivity contribution is -0.0546. The van der Waals surface area contributed by atoms with Crippen molar-refractivity contribution in [2.75, 3.05) is 13.1 Å². The van der Waals surface area contributed by atoms with E-state index in [0.29, 0.717) is 13.1 Å². The second kappa shape index (κ2) is 7.49. The Labute approximate surface area is 143 Å². The summed E-state index contributed by atoms with van der Waals surface area (Å²) in [5.41, 5.74) is 2.15. The predicted octanol–water partition coefficient (Wildman–Crippen LogP) is 3.59. The van der Waals surface area contributed by atoms with Crippen molar-refractivity contribution in [1.29, 1.82) is 0 Å². The van der Waals surface area contributed by atoms with E-state index in [2.05, 4.69) is 5.32 Å². The molecule has 0 saturated carbocycles. The first-order valence-corrected chi connectivity index (χ1v) is 8.44. The summed E-state index contributed by atoms with van der Waals surface area (Å²) in [4.78, 5) is 14.7. The zero-order valence-electron chi connectivity index (χ0n) is 14.2. The van der Waals surface area contributed by atoms with Crippen molar-refractivity contribution in [1.82, 2.24) is 10.2 Å². The third-order valence-electron chi connectivity index (χ3n) is 4.24. The lowest BCUT2D eigenvalue weighted by atomic mass is 9.99. The predicted molar refractivity (Wildman–Crippen MR) is 94.8 cm³/mol. The van der Waals surface area contributed by atoms with Gasteiger partial charge in [-0.15, -0.1) is 0 Å². The zero-order valence-corrected chi connectivity index (χ0v) is 14.2. The molecule has 2 amide bonds. The molecular weight excluding hydrogens is 300 g/mol. The van der Waals surface area contributed by atoms with Crippen LogP contribution in [0.3, 0.4) is 0 Å². The number of rotatable bonds is 3. The molecule has 24 heavy (non-hydrogen) atoms. The van der Waals surface area contributed by atoms with Crippen LogP contribution in [-0.2, 0) is 4.74 Å². The molecule has 2 aromatic carbocycles. The molecule has 0 bridgehead atoms. The molecule has 3 rings (SSSR count). The van der Waals surface area contributed by atoms with E-state index in [-0.39, 0.29) is 24.3 Å². The maximum absolute atomic E-state index is 12.8. The first kappa shape index (κ1) is 16.5. The van der Waals surface area contributed by atoms with Gasteiger partial charge in [-0.25, -0.2) is 4.79 Å². The monoisotopic (exact) mass is 324 g/mol. The fourth-order valence-electron chi connectivity index (χ4n) is 3.21. The summed E-state index contributed by atoms with van der Waals surface area (Å²) in [5.74, 6) is 0. The SMILES string of the molecule is CC1CN(C(=O)NC(c2ccccc2)c2ccccc2)CC(C)O1. The number of carbonyl (C=O) groups is 1. The Morgan fingerprint density at radius 1 is 0.958 bits per heavy atom. The number of amides is 2. The Kier molecular flexibility index (Phi) is 5.16. The molecule has 0 radical (unpaired) electrons. The molecule has 4 heteroatoms. The summed E-state index contributed by atoms with van der Waals surface area (Å²) in [6, 6.07) is 19.9. The van der Waals surface area contributed by atoms with Gasteiger partial charge in [0.05, 0.1) is 18.2 Å². The molecular formula is C20H24N2O2. The normalized spacial score (nSPS) is 20.9. The third kappa shape index (κ3) is 3.95. The lowest BCUT2D eigenvalue weighted by Gasteiger charge is -2.36. The van der Waals surface area contributed by atoms with E-state index in [1.807, 2.05) is 79.4 Å². The van der Waals surface area contributed by atoms with Crippen LogP contribution in [0.4, 0.5) is 4.79 Å². The molecule has 2 atom stereocenters. The van der Waals surface area contributed by atoms with E-state index in [9.17, 15) is 4.79 Å². The van der Waals surface area contributed by atoms with Crippen LogP contribution in [0, 0.1) is 0 Å². The average Bonchev–Trinajstić information content (AvgIpc) is 2.60. The van der Waals surface area contributed by atoms with Crippen molar-refractivity contribution in [3.8, 4) is 0 Å². The lowest BCUT2D eigenvalue weighted by Crippen LogP contribution is -2.52. The molecule has 1 saturated heterocycles. The molecule has 1 heterocycles. The highest BCUT2D eigenvalue weighted by Crippen LogP contribution is 2.22. The number of hydrogen-bond donors (Lipinski definition) is 1. The Morgan fingerprint density at radius 3 is 1.88 bits per heavy atom. The summed E-state index contributed by atoms with van der Waals surface area (Å²) in [6.45, 7) is 5.24. The molecule has 0 aliphatic carbocycles. The zero-order chi connectivity index (χ0) is 16.9. The molecule has 0 spiro atoms. The van der Waals surface area contributed by atoms with Crippen LogP contribution in [0.5, 0.6) is 0 Å². The highest BCUT2D eigenvalue weighted by atomic mass is 16.5. The van der Waals surface area contributed by atoms with Gasteiger partial charge in [-0.05, 0) is 25.0 Å². The van der Waals surface area contributed by atoms with E-state index in [0.717, 1.165) is 11.1 Å². The van der Waals surface area contributed by atoms with Crippen LogP contribution in [0.1, 0.15) is 31.0 Å². The molecule has 126 valence electrons. The number of ether oxygens (including phenoxy) is 1. The molecule has 2 aromatic rings. The Hall–Kier alpha value is -2.33. The van der Waals surface area contributed by atoms with Crippen LogP contribution in [0.15, 0.2) is 60.7 Å². The van der Waals surface area contributed by atoms with Gasteiger partial charge in [-0.1, -0.05) is 60.7 Å². The summed E-state index contributed by atoms with van der Waals surface area (Å²) in [7, 11) is 0. The van der Waals surface area contributed by atoms with Gasteiger partial charge in [-0.2, -0.15) is 0 Å². The highest BCUT2D eigenvalue weighted by Gasteiger charge is 2.27. The van der Waals surface area contributed by atoms with Gasteiger partial charge < -0.3 is 15.0 Å². The van der Waals surface area contributed by atoms with Gasteiger partial charge in [0.25, 0.3) is 0 Å². The van der Waals surface area contributed by atoms with Crippen molar-refractivity contribution in [2.24, 2.45) is 0 Å². The first-order valence-electron chi connectivity index (χ1n) is 8.44. The summed E-state index contributed by atoms with van der Waals surface area (Å²) < 4.78 is 5.72. The van der Waals surface area contributed by atoms with E-state index in [1.165, 1.54) is 0 Å². The van der Waals surface area contributed by atoms with Crippen molar-refractivity contribution < 1.29 is 9.53 Å². The first-order chi connectivity index (χ1) is 11.6. The van der Waals surface area contributed by atoms with Crippen LogP contribution in [0.25, 0.3) is 0 Å². The van der Waals surface area contributed by atoms with Gasteiger partial charge in [0.1, 0.15) is 0 Å². The van der Waals surface area contributed by atoms with Gasteiger partial charge in [-0.3, -0.25) is 0 Å². The van der Waals surface area contributed by atoms with Crippen LogP contribution >= 0.6 is 0 Å². The Morgan fingerprint density at radius 2 is 1.42 bits per heavy atom. The third-order valence-corrected chi connectivity index (χ3v) is 4.24. The van der Waals surface area contributed by atoms with Gasteiger partial charge in [0, 0.05) is 13.1 Å². The minimum Gasteiger partial charge on any atom is -0.372 e. The summed E-state index contributed by atoms with van der Waals surface area (Å²) in [5, 5.41) is 3.19. The van der Waals surface area contributed by atoms with E-state index in [4.69, 9.17) is 4.74 Å². The van der Waals surface area contributed by atoms with Crippen molar-refractivity contribution in [3.05, 3.63) is 71.8 Å². The quantitative estimate of drug-likeness (QED) is 0.937. The molecule has 1 aliphatic rings. The minimum absolute atomic E-state index is 0.0466. The smallest absolute Gasteiger partial charge is 0.318 e. The topological polar surface area (TPSA) is 41.6 Å². The Balaban J connectivity index is 1.81. The maximum atomic E-state index is 12.8. The van der Waals surface area contributed by atoms with Crippen LogP contribution in [-0.4, -0.2) is 36.2 Å². The molecule has 4 nitrogen and oxygen atoms in total. The number of morpholine rings is 1. The number of nitrogens with one attached hydrogen (secondary N) is 1. The van der Waals surface area contributed by atoms with Crippen LogP contribution < -0.4 is 5.32 Å². The highest BCUT2D eigenvalue weighted by molar-refractivity contribution is 5.75. The molecule has 2 unspecified atom stereocenters. The van der Waals surface area contributed by atoms with E-state index in [1.54, 1.807) is 0 Å². The number of carbonyl (C=O) groups excluding carboxylic acids is 1. The molecule has 1 fully saturated rings. The van der Waals surface area contributed by atoms with Gasteiger partial charge in [0.2, 0.25) is 0 Å².